The predicted molar refractivity (Wildman–Crippen MR) is 93.1 cm³/mol. The highest BCUT2D eigenvalue weighted by Crippen LogP contribution is 2.26. The molecule has 1 N–H and O–H groups in total. The zero-order valence-electron chi connectivity index (χ0n) is 14.6. The van der Waals surface area contributed by atoms with Gasteiger partial charge in [-0.05, 0) is 57.8 Å². The molecule has 3 rings (SSSR count). The van der Waals surface area contributed by atoms with Crippen molar-refractivity contribution in [3.8, 4) is 5.75 Å². The fourth-order valence-corrected chi connectivity index (χ4v) is 3.73. The van der Waals surface area contributed by atoms with Crippen molar-refractivity contribution in [3.63, 3.8) is 0 Å². The molecule has 1 atom stereocenters. The molecule has 2 aliphatic heterocycles. The molecule has 0 bridgehead atoms. The molecule has 24 heavy (non-hydrogen) atoms. The second-order valence-electron chi connectivity index (χ2n) is 6.99. The average molecular weight is 332 g/mol. The smallest absolute Gasteiger partial charge is 0.410 e. The maximum Gasteiger partial charge on any atom is 0.415 e. The van der Waals surface area contributed by atoms with E-state index in [0.29, 0.717) is 17.7 Å². The second-order valence-corrected chi connectivity index (χ2v) is 6.99. The molecule has 0 radical (unpaired) electrons. The Morgan fingerprint density at radius 1 is 1.25 bits per heavy atom. The first kappa shape index (κ1) is 17.2. The summed E-state index contributed by atoms with van der Waals surface area (Å²) in [7, 11) is 0. The van der Waals surface area contributed by atoms with Gasteiger partial charge in [0.1, 0.15) is 5.75 Å². The molecule has 1 aromatic rings. The standard InChI is InChI=1S/C18H28N4O2/c1-14(2)21-11-12-22(17(13-21)15-3-7-19-8-4-15)18(23)24-16-5-9-20-10-6-16/h5-6,9-10,14-15,17,19H,3-4,7-8,11-13H2,1-2H3. The van der Waals surface area contributed by atoms with E-state index < -0.39 is 0 Å². The Bertz CT molecular complexity index is 531. The monoisotopic (exact) mass is 332 g/mol. The quantitative estimate of drug-likeness (QED) is 0.917. The van der Waals surface area contributed by atoms with Crippen LogP contribution in [0.15, 0.2) is 24.5 Å². The van der Waals surface area contributed by atoms with Gasteiger partial charge in [-0.25, -0.2) is 4.79 Å². The topological polar surface area (TPSA) is 57.7 Å². The second kappa shape index (κ2) is 7.94. The number of nitrogens with zero attached hydrogens (tertiary/aromatic N) is 3. The summed E-state index contributed by atoms with van der Waals surface area (Å²) < 4.78 is 5.58. The minimum Gasteiger partial charge on any atom is -0.410 e. The SMILES string of the molecule is CC(C)N1CCN(C(=O)Oc2ccncc2)C(C2CCNCC2)C1. The summed E-state index contributed by atoms with van der Waals surface area (Å²) in [6.45, 7) is 9.11. The summed E-state index contributed by atoms with van der Waals surface area (Å²) in [5.41, 5.74) is 0. The van der Waals surface area contributed by atoms with Gasteiger partial charge in [-0.15, -0.1) is 0 Å². The number of carbonyl (C=O) groups is 1. The van der Waals surface area contributed by atoms with Gasteiger partial charge in [0.2, 0.25) is 0 Å². The Hall–Kier alpha value is -1.66. The Kier molecular flexibility index (Phi) is 5.68. The zero-order valence-corrected chi connectivity index (χ0v) is 14.6. The minimum atomic E-state index is -0.229. The first-order chi connectivity index (χ1) is 11.6. The minimum absolute atomic E-state index is 0.229. The molecule has 1 amide bonds. The van der Waals surface area contributed by atoms with Crippen molar-refractivity contribution in [2.24, 2.45) is 5.92 Å². The third-order valence-electron chi connectivity index (χ3n) is 5.20. The van der Waals surface area contributed by atoms with Crippen molar-refractivity contribution in [3.05, 3.63) is 24.5 Å². The van der Waals surface area contributed by atoms with Crippen LogP contribution in [0.3, 0.4) is 0 Å². The molecule has 0 saturated carbocycles. The van der Waals surface area contributed by atoms with E-state index in [1.54, 1.807) is 24.5 Å². The fourth-order valence-electron chi connectivity index (χ4n) is 3.73. The highest BCUT2D eigenvalue weighted by atomic mass is 16.6. The molecule has 2 fully saturated rings. The van der Waals surface area contributed by atoms with Crippen LogP contribution in [0.25, 0.3) is 0 Å². The molecule has 0 aliphatic carbocycles. The third-order valence-corrected chi connectivity index (χ3v) is 5.20. The summed E-state index contributed by atoms with van der Waals surface area (Å²) in [6, 6.07) is 4.19. The number of hydrogen-bond donors (Lipinski definition) is 1. The van der Waals surface area contributed by atoms with Crippen molar-refractivity contribution in [1.29, 1.82) is 0 Å². The van der Waals surface area contributed by atoms with Gasteiger partial charge in [-0.1, -0.05) is 0 Å². The van der Waals surface area contributed by atoms with Gasteiger partial charge in [0.25, 0.3) is 0 Å². The van der Waals surface area contributed by atoms with Crippen molar-refractivity contribution in [2.75, 3.05) is 32.7 Å². The number of rotatable bonds is 3. The first-order valence-corrected chi connectivity index (χ1v) is 8.98. The van der Waals surface area contributed by atoms with Crippen LogP contribution in [-0.4, -0.2) is 65.7 Å². The van der Waals surface area contributed by atoms with Gasteiger partial charge in [-0.2, -0.15) is 0 Å². The summed E-state index contributed by atoms with van der Waals surface area (Å²) in [4.78, 5) is 21.1. The van der Waals surface area contributed by atoms with Crippen molar-refractivity contribution < 1.29 is 9.53 Å². The van der Waals surface area contributed by atoms with Crippen LogP contribution in [0, 0.1) is 5.92 Å². The molecular formula is C18H28N4O2. The average Bonchev–Trinajstić information content (AvgIpc) is 2.62. The molecule has 6 nitrogen and oxygen atoms in total. The normalized spacial score (nSPS) is 23.5. The Morgan fingerprint density at radius 3 is 2.62 bits per heavy atom. The lowest BCUT2D eigenvalue weighted by Crippen LogP contribution is -2.60. The lowest BCUT2D eigenvalue weighted by molar-refractivity contribution is 0.0273. The summed E-state index contributed by atoms with van der Waals surface area (Å²) in [5, 5.41) is 3.42. The Labute approximate surface area is 144 Å². The van der Waals surface area contributed by atoms with Gasteiger partial charge < -0.3 is 15.0 Å². The number of hydrogen-bond acceptors (Lipinski definition) is 5. The fraction of sp³-hybridized carbons (Fsp3) is 0.667. The molecule has 1 unspecified atom stereocenters. The number of amides is 1. The molecule has 6 heteroatoms. The number of pyridine rings is 1. The number of nitrogens with one attached hydrogen (secondary N) is 1. The highest BCUT2D eigenvalue weighted by Gasteiger charge is 2.37. The van der Waals surface area contributed by atoms with Crippen LogP contribution in [0.5, 0.6) is 5.75 Å². The number of ether oxygens (including phenoxy) is 1. The molecule has 2 aliphatic rings. The predicted octanol–water partition coefficient (Wildman–Crippen LogP) is 1.97. The summed E-state index contributed by atoms with van der Waals surface area (Å²) >= 11 is 0. The summed E-state index contributed by atoms with van der Waals surface area (Å²) in [6.07, 6.45) is 5.30. The van der Waals surface area contributed by atoms with E-state index in [4.69, 9.17) is 4.74 Å². The van der Waals surface area contributed by atoms with Gasteiger partial charge in [-0.3, -0.25) is 9.88 Å². The van der Waals surface area contributed by atoms with Gasteiger partial charge in [0.15, 0.2) is 0 Å². The van der Waals surface area contributed by atoms with E-state index in [-0.39, 0.29) is 12.1 Å². The van der Waals surface area contributed by atoms with Crippen LogP contribution in [-0.2, 0) is 0 Å². The molecular weight excluding hydrogens is 304 g/mol. The van der Waals surface area contributed by atoms with Crippen LogP contribution in [0.1, 0.15) is 26.7 Å². The number of piperidine rings is 1. The molecule has 0 spiro atoms. The van der Waals surface area contributed by atoms with E-state index in [1.165, 1.54) is 0 Å². The van der Waals surface area contributed by atoms with Crippen molar-refractivity contribution in [1.82, 2.24) is 20.1 Å². The van der Waals surface area contributed by atoms with Crippen LogP contribution in [0.4, 0.5) is 4.79 Å². The van der Waals surface area contributed by atoms with Crippen LogP contribution < -0.4 is 10.1 Å². The maximum absolute atomic E-state index is 12.7. The third kappa shape index (κ3) is 4.05. The van der Waals surface area contributed by atoms with Crippen LogP contribution >= 0.6 is 0 Å². The number of aromatic nitrogens is 1. The van der Waals surface area contributed by atoms with Gasteiger partial charge in [0.05, 0.1) is 6.04 Å². The lowest BCUT2D eigenvalue weighted by Gasteiger charge is -2.46. The first-order valence-electron chi connectivity index (χ1n) is 8.98. The van der Waals surface area contributed by atoms with Crippen molar-refractivity contribution in [2.45, 2.75) is 38.8 Å². The molecule has 132 valence electrons. The molecule has 2 saturated heterocycles. The largest absolute Gasteiger partial charge is 0.415 e. The van der Waals surface area contributed by atoms with Crippen LogP contribution in [0.2, 0.25) is 0 Å². The van der Waals surface area contributed by atoms with Crippen molar-refractivity contribution >= 4 is 6.09 Å². The Balaban J connectivity index is 1.72. The van der Waals surface area contributed by atoms with E-state index in [1.807, 2.05) is 4.90 Å². The number of carbonyl (C=O) groups excluding carboxylic acids is 1. The highest BCUT2D eigenvalue weighted by molar-refractivity contribution is 5.71. The molecule has 0 aromatic carbocycles. The van der Waals surface area contributed by atoms with E-state index in [2.05, 4.69) is 29.0 Å². The summed E-state index contributed by atoms with van der Waals surface area (Å²) in [5.74, 6) is 1.10. The number of piperazine rings is 1. The molecule has 3 heterocycles. The van der Waals surface area contributed by atoms with Gasteiger partial charge >= 0.3 is 6.09 Å². The Morgan fingerprint density at radius 2 is 1.96 bits per heavy atom. The zero-order chi connectivity index (χ0) is 16.9. The van der Waals surface area contributed by atoms with E-state index in [0.717, 1.165) is 45.6 Å². The maximum atomic E-state index is 12.7. The molecule has 1 aromatic heterocycles. The van der Waals surface area contributed by atoms with E-state index in [9.17, 15) is 4.79 Å². The lowest BCUT2D eigenvalue weighted by atomic mass is 9.87. The van der Waals surface area contributed by atoms with E-state index >= 15 is 0 Å². The van der Waals surface area contributed by atoms with Gasteiger partial charge in [0, 0.05) is 38.1 Å².